The maximum absolute atomic E-state index is 11.8. The predicted octanol–water partition coefficient (Wildman–Crippen LogP) is 2.79. The Bertz CT molecular complexity index is 578. The van der Waals surface area contributed by atoms with Crippen molar-refractivity contribution in [1.82, 2.24) is 4.98 Å². The summed E-state index contributed by atoms with van der Waals surface area (Å²) in [5, 5.41) is 1.04. The number of H-pyrrole nitrogens is 1. The molecule has 1 atom stereocenters. The van der Waals surface area contributed by atoms with Crippen molar-refractivity contribution in [3.63, 3.8) is 0 Å². The van der Waals surface area contributed by atoms with Gasteiger partial charge in [0.15, 0.2) is 0 Å². The molecule has 0 radical (unpaired) electrons. The number of carbonyl (C=O) groups is 1. The number of ether oxygens (including phenoxy) is 1. The van der Waals surface area contributed by atoms with Crippen molar-refractivity contribution in [2.24, 2.45) is 11.1 Å². The van der Waals surface area contributed by atoms with E-state index in [0.29, 0.717) is 0 Å². The molecule has 0 spiro atoms. The van der Waals surface area contributed by atoms with Crippen LogP contribution in [0.25, 0.3) is 10.9 Å². The summed E-state index contributed by atoms with van der Waals surface area (Å²) >= 11 is 0. The molecule has 3 N–H and O–H groups in total. The first kappa shape index (κ1) is 15.5. The van der Waals surface area contributed by atoms with Crippen LogP contribution in [-0.2, 0) is 9.53 Å². The summed E-state index contributed by atoms with van der Waals surface area (Å²) in [6, 6.07) is 7.42. The third-order valence-corrected chi connectivity index (χ3v) is 3.45. The zero-order valence-corrected chi connectivity index (χ0v) is 12.1. The second-order valence-electron chi connectivity index (χ2n) is 4.98. The highest BCUT2D eigenvalue weighted by Crippen LogP contribution is 2.35. The lowest BCUT2D eigenvalue weighted by molar-refractivity contribution is -0.152. The normalized spacial score (nSPS) is 12.8. The molecule has 0 aliphatic rings. The van der Waals surface area contributed by atoms with Crippen LogP contribution in [0.1, 0.15) is 25.5 Å². The highest BCUT2D eigenvalue weighted by molar-refractivity contribution is 5.86. The lowest BCUT2D eigenvalue weighted by atomic mass is 9.80. The predicted molar refractivity (Wildman–Crippen MR) is 78.3 cm³/mol. The van der Waals surface area contributed by atoms with Gasteiger partial charge in [0.25, 0.3) is 0 Å². The van der Waals surface area contributed by atoms with Gasteiger partial charge in [-0.1, -0.05) is 12.1 Å². The summed E-state index contributed by atoms with van der Waals surface area (Å²) in [5.41, 5.74) is 7.46. The molecule has 0 fully saturated rings. The van der Waals surface area contributed by atoms with Crippen molar-refractivity contribution in [2.45, 2.75) is 19.9 Å². The van der Waals surface area contributed by atoms with Crippen molar-refractivity contribution in [1.29, 1.82) is 0 Å². The fourth-order valence-corrected chi connectivity index (χ4v) is 2.16. The molecule has 4 nitrogen and oxygen atoms in total. The van der Waals surface area contributed by atoms with Crippen LogP contribution in [0.3, 0.4) is 0 Å². The fraction of sp³-hybridized carbons (Fsp3) is 0.357. The van der Waals surface area contributed by atoms with Gasteiger partial charge in [0.05, 0.1) is 12.5 Å². The summed E-state index contributed by atoms with van der Waals surface area (Å²) < 4.78 is 4.82. The zero-order valence-electron chi connectivity index (χ0n) is 11.3. The van der Waals surface area contributed by atoms with E-state index in [1.54, 1.807) is 13.8 Å². The van der Waals surface area contributed by atoms with Crippen LogP contribution in [0.4, 0.5) is 0 Å². The van der Waals surface area contributed by atoms with Gasteiger partial charge in [-0.2, -0.15) is 0 Å². The number of hydrogen-bond donors (Lipinski definition) is 2. The molecule has 1 aromatic carbocycles. The number of halogens is 1. The Morgan fingerprint density at radius 2 is 2.05 bits per heavy atom. The lowest BCUT2D eigenvalue weighted by Gasteiger charge is -2.29. The number of fused-ring (bicyclic) bond motifs is 1. The molecule has 0 aliphatic heterocycles. The van der Waals surface area contributed by atoms with Crippen LogP contribution in [0.5, 0.6) is 0 Å². The Kier molecular flexibility index (Phi) is 4.61. The third-order valence-electron chi connectivity index (χ3n) is 3.45. The highest BCUT2D eigenvalue weighted by Gasteiger charge is 2.37. The molecule has 19 heavy (non-hydrogen) atoms. The maximum Gasteiger partial charge on any atom is 0.313 e. The first-order chi connectivity index (χ1) is 8.48. The van der Waals surface area contributed by atoms with E-state index in [1.807, 2.05) is 30.5 Å². The number of esters is 1. The van der Waals surface area contributed by atoms with Gasteiger partial charge in [0.2, 0.25) is 0 Å². The van der Waals surface area contributed by atoms with Gasteiger partial charge < -0.3 is 15.5 Å². The number of aromatic amines is 1. The van der Waals surface area contributed by atoms with Crippen molar-refractivity contribution < 1.29 is 9.53 Å². The first-order valence-electron chi connectivity index (χ1n) is 5.88. The molecule has 0 aliphatic carbocycles. The molecule has 2 rings (SSSR count). The van der Waals surface area contributed by atoms with Gasteiger partial charge in [0, 0.05) is 23.1 Å². The van der Waals surface area contributed by atoms with E-state index in [4.69, 9.17) is 10.5 Å². The second kappa shape index (κ2) is 5.63. The topological polar surface area (TPSA) is 68.1 Å². The number of nitrogens with two attached hydrogens (primary N) is 1. The quantitative estimate of drug-likeness (QED) is 0.851. The summed E-state index contributed by atoms with van der Waals surface area (Å²) in [6.07, 6.45) is 1.87. The fourth-order valence-electron chi connectivity index (χ4n) is 2.16. The number of nitrogens with one attached hydrogen (secondary N) is 1. The minimum absolute atomic E-state index is 0. The van der Waals surface area contributed by atoms with E-state index in [9.17, 15) is 4.79 Å². The van der Waals surface area contributed by atoms with Gasteiger partial charge in [-0.05, 0) is 31.5 Å². The molecular formula is C14H19ClN2O2. The Labute approximate surface area is 118 Å². The van der Waals surface area contributed by atoms with Gasteiger partial charge in [-0.25, -0.2) is 0 Å². The monoisotopic (exact) mass is 282 g/mol. The standard InChI is InChI=1S/C14H18N2O2.ClH/c1-14(2,13(17)18-3)12(15)10-5-4-6-11-9(10)7-8-16-11;/h4-8,12,16H,15H2,1-3H3;1H/t12-;/m0./s1. The number of hydrogen-bond acceptors (Lipinski definition) is 3. The minimum Gasteiger partial charge on any atom is -0.469 e. The van der Waals surface area contributed by atoms with Crippen LogP contribution in [0.15, 0.2) is 30.5 Å². The average molecular weight is 283 g/mol. The number of carbonyl (C=O) groups excluding carboxylic acids is 1. The SMILES string of the molecule is COC(=O)C(C)(C)[C@@H](N)c1cccc2[nH]ccc12.Cl. The molecule has 0 unspecified atom stereocenters. The number of benzene rings is 1. The molecule has 2 aromatic rings. The summed E-state index contributed by atoms with van der Waals surface area (Å²) in [7, 11) is 1.38. The summed E-state index contributed by atoms with van der Waals surface area (Å²) in [6.45, 7) is 3.60. The Morgan fingerprint density at radius 3 is 2.68 bits per heavy atom. The van der Waals surface area contributed by atoms with Crippen molar-refractivity contribution >= 4 is 29.3 Å². The Morgan fingerprint density at radius 1 is 1.37 bits per heavy atom. The second-order valence-corrected chi connectivity index (χ2v) is 4.98. The molecule has 1 aromatic heterocycles. The lowest BCUT2D eigenvalue weighted by Crippen LogP contribution is -2.37. The van der Waals surface area contributed by atoms with E-state index < -0.39 is 11.5 Å². The first-order valence-corrected chi connectivity index (χ1v) is 5.88. The minimum atomic E-state index is -0.764. The number of aromatic nitrogens is 1. The zero-order chi connectivity index (χ0) is 13.3. The van der Waals surface area contributed by atoms with Crippen LogP contribution < -0.4 is 5.73 Å². The molecule has 0 amide bonds. The molecular weight excluding hydrogens is 264 g/mol. The van der Waals surface area contributed by atoms with Crippen molar-refractivity contribution in [3.05, 3.63) is 36.0 Å². The molecule has 5 heteroatoms. The van der Waals surface area contributed by atoms with Crippen LogP contribution >= 0.6 is 12.4 Å². The Hall–Kier alpha value is -1.52. The third kappa shape index (κ3) is 2.60. The number of rotatable bonds is 3. The van der Waals surface area contributed by atoms with E-state index >= 15 is 0 Å². The summed E-state index contributed by atoms with van der Waals surface area (Å²) in [5.74, 6) is -0.303. The van der Waals surface area contributed by atoms with E-state index in [1.165, 1.54) is 7.11 Å². The van der Waals surface area contributed by atoms with Gasteiger partial charge >= 0.3 is 5.97 Å². The van der Waals surface area contributed by atoms with Gasteiger partial charge in [-0.3, -0.25) is 4.79 Å². The molecule has 1 heterocycles. The molecule has 104 valence electrons. The molecule has 0 saturated heterocycles. The van der Waals surface area contributed by atoms with Gasteiger partial charge in [-0.15, -0.1) is 12.4 Å². The average Bonchev–Trinajstić information content (AvgIpc) is 2.84. The largest absolute Gasteiger partial charge is 0.469 e. The van der Waals surface area contributed by atoms with Crippen LogP contribution in [-0.4, -0.2) is 18.1 Å². The summed E-state index contributed by atoms with van der Waals surface area (Å²) in [4.78, 5) is 15.0. The van der Waals surface area contributed by atoms with E-state index in [0.717, 1.165) is 16.5 Å². The van der Waals surface area contributed by atoms with Crippen molar-refractivity contribution in [2.75, 3.05) is 7.11 Å². The highest BCUT2D eigenvalue weighted by atomic mass is 35.5. The maximum atomic E-state index is 11.8. The smallest absolute Gasteiger partial charge is 0.313 e. The van der Waals surface area contributed by atoms with Crippen molar-refractivity contribution in [3.8, 4) is 0 Å². The van der Waals surface area contributed by atoms with E-state index in [-0.39, 0.29) is 18.4 Å². The molecule has 0 saturated carbocycles. The Balaban J connectivity index is 0.00000180. The van der Waals surface area contributed by atoms with Crippen LogP contribution in [0.2, 0.25) is 0 Å². The van der Waals surface area contributed by atoms with Gasteiger partial charge in [0.1, 0.15) is 0 Å². The number of methoxy groups -OCH3 is 1. The van der Waals surface area contributed by atoms with Crippen LogP contribution in [0, 0.1) is 5.41 Å². The van der Waals surface area contributed by atoms with E-state index in [2.05, 4.69) is 4.98 Å². The molecule has 0 bridgehead atoms.